The number of carbonyl (C=O) groups is 1. The van der Waals surface area contributed by atoms with Gasteiger partial charge >= 0.3 is 0 Å². The third-order valence-corrected chi connectivity index (χ3v) is 3.97. The van der Waals surface area contributed by atoms with Crippen LogP contribution in [0.5, 0.6) is 0 Å². The molecule has 0 unspecified atom stereocenters. The Morgan fingerprint density at radius 1 is 1.20 bits per heavy atom. The fourth-order valence-corrected chi connectivity index (χ4v) is 2.73. The highest BCUT2D eigenvalue weighted by molar-refractivity contribution is 6.02. The summed E-state index contributed by atoms with van der Waals surface area (Å²) in [6.07, 6.45) is 2.02. The first-order valence-corrected chi connectivity index (χ1v) is 7.11. The maximum Gasteiger partial charge on any atom is 0.262 e. The summed E-state index contributed by atoms with van der Waals surface area (Å²) < 4.78 is 0. The summed E-state index contributed by atoms with van der Waals surface area (Å²) in [6.45, 7) is 2.31. The number of aliphatic imine (C=N–C) groups is 1. The van der Waals surface area contributed by atoms with E-state index in [-0.39, 0.29) is 18.5 Å². The van der Waals surface area contributed by atoms with Crippen molar-refractivity contribution in [2.45, 2.75) is 18.9 Å². The summed E-state index contributed by atoms with van der Waals surface area (Å²) in [5.41, 5.74) is 4.25. The molecule has 5 nitrogen and oxygen atoms in total. The molecule has 1 saturated heterocycles. The normalized spacial score (nSPS) is 21.6. The zero-order valence-corrected chi connectivity index (χ0v) is 11.7. The predicted octanol–water partition coefficient (Wildman–Crippen LogP) is 0.874. The maximum absolute atomic E-state index is 12.1. The van der Waals surface area contributed by atoms with Gasteiger partial charge in [0.15, 0.2) is 0 Å². The highest BCUT2D eigenvalue weighted by atomic mass is 16.2. The summed E-state index contributed by atoms with van der Waals surface area (Å²) >= 11 is 0. The Bertz CT molecular complexity index is 506. The van der Waals surface area contributed by atoms with Crippen molar-refractivity contribution in [1.29, 1.82) is 0 Å². The quantitative estimate of drug-likeness (QED) is 0.869. The van der Waals surface area contributed by atoms with E-state index < -0.39 is 0 Å². The van der Waals surface area contributed by atoms with Gasteiger partial charge in [0.2, 0.25) is 0 Å². The van der Waals surface area contributed by atoms with Crippen molar-refractivity contribution >= 4 is 11.7 Å². The Labute approximate surface area is 119 Å². The van der Waals surface area contributed by atoms with Gasteiger partial charge in [-0.15, -0.1) is 0 Å². The van der Waals surface area contributed by atoms with E-state index in [2.05, 4.69) is 22.4 Å². The van der Waals surface area contributed by atoms with Gasteiger partial charge in [0, 0.05) is 5.56 Å². The fraction of sp³-hybridized carbons (Fsp3) is 0.467. The zero-order chi connectivity index (χ0) is 13.9. The molecule has 0 bridgehead atoms. The summed E-state index contributed by atoms with van der Waals surface area (Å²) in [4.78, 5) is 18.7. The molecular weight excluding hydrogens is 252 g/mol. The molecule has 1 aromatic rings. The number of rotatable bonds is 2. The van der Waals surface area contributed by atoms with Gasteiger partial charge in [0.1, 0.15) is 12.4 Å². The van der Waals surface area contributed by atoms with Crippen molar-refractivity contribution in [1.82, 2.24) is 15.3 Å². The Hall–Kier alpha value is -1.88. The minimum atomic E-state index is 0.0687. The van der Waals surface area contributed by atoms with Crippen LogP contribution in [0.25, 0.3) is 0 Å². The van der Waals surface area contributed by atoms with E-state index >= 15 is 0 Å². The molecule has 2 aliphatic heterocycles. The monoisotopic (exact) mass is 272 g/mol. The molecule has 0 aromatic heterocycles. The Morgan fingerprint density at radius 2 is 1.90 bits per heavy atom. The standard InChI is InChI=1S/C15H20N4O/c1-18-9-7-13(8-10-18)19-14(20)11-16-15(17-19)12-5-3-2-4-6-12/h2-6,13H,7-11H2,1H3,(H,16,17). The second-order valence-electron chi connectivity index (χ2n) is 5.44. The van der Waals surface area contributed by atoms with Crippen molar-refractivity contribution in [3.63, 3.8) is 0 Å². The summed E-state index contributed by atoms with van der Waals surface area (Å²) in [6, 6.07) is 10.2. The highest BCUT2D eigenvalue weighted by Gasteiger charge is 2.30. The van der Waals surface area contributed by atoms with E-state index in [1.807, 2.05) is 30.3 Å². The average Bonchev–Trinajstić information content (AvgIpc) is 2.50. The number of carbonyl (C=O) groups excluding carboxylic acids is 1. The lowest BCUT2D eigenvalue weighted by Crippen LogP contribution is -2.58. The summed E-state index contributed by atoms with van der Waals surface area (Å²) in [5.74, 6) is 0.864. The zero-order valence-electron chi connectivity index (χ0n) is 11.7. The van der Waals surface area contributed by atoms with E-state index in [0.29, 0.717) is 0 Å². The number of nitrogens with one attached hydrogen (secondary N) is 1. The number of hydrogen-bond acceptors (Lipinski definition) is 4. The van der Waals surface area contributed by atoms with Crippen LogP contribution in [0, 0.1) is 0 Å². The number of amides is 1. The Kier molecular flexibility index (Phi) is 3.69. The van der Waals surface area contributed by atoms with Gasteiger partial charge in [0.05, 0.1) is 6.04 Å². The van der Waals surface area contributed by atoms with E-state index in [4.69, 9.17) is 0 Å². The minimum Gasteiger partial charge on any atom is -0.306 e. The smallest absolute Gasteiger partial charge is 0.262 e. The van der Waals surface area contributed by atoms with Crippen LogP contribution in [0.2, 0.25) is 0 Å². The number of amidine groups is 1. The van der Waals surface area contributed by atoms with Crippen LogP contribution in [0.4, 0.5) is 0 Å². The average molecular weight is 272 g/mol. The first-order valence-electron chi connectivity index (χ1n) is 7.11. The first kappa shape index (κ1) is 13.1. The van der Waals surface area contributed by atoms with Gasteiger partial charge in [-0.05, 0) is 33.0 Å². The lowest BCUT2D eigenvalue weighted by atomic mass is 10.0. The van der Waals surface area contributed by atoms with Gasteiger partial charge < -0.3 is 4.90 Å². The topological polar surface area (TPSA) is 47.9 Å². The molecule has 0 saturated carbocycles. The highest BCUT2D eigenvalue weighted by Crippen LogP contribution is 2.16. The Morgan fingerprint density at radius 3 is 2.60 bits per heavy atom. The van der Waals surface area contributed by atoms with Gasteiger partial charge in [-0.1, -0.05) is 30.3 Å². The van der Waals surface area contributed by atoms with Crippen LogP contribution in [-0.2, 0) is 4.79 Å². The summed E-state index contributed by atoms with van der Waals surface area (Å²) in [7, 11) is 2.12. The molecule has 5 heteroatoms. The largest absolute Gasteiger partial charge is 0.306 e. The third-order valence-electron chi connectivity index (χ3n) is 3.97. The van der Waals surface area contributed by atoms with Crippen LogP contribution in [0.15, 0.2) is 35.3 Å². The maximum atomic E-state index is 12.1. The number of hydrogen-bond donors (Lipinski definition) is 1. The Balaban J connectivity index is 1.74. The van der Waals surface area contributed by atoms with Gasteiger partial charge in [-0.25, -0.2) is 0 Å². The fourth-order valence-electron chi connectivity index (χ4n) is 2.73. The molecule has 0 atom stereocenters. The molecule has 1 aromatic carbocycles. The minimum absolute atomic E-state index is 0.0687. The lowest BCUT2D eigenvalue weighted by Gasteiger charge is -2.39. The number of hydrazine groups is 1. The molecule has 1 N–H and O–H groups in total. The van der Waals surface area contributed by atoms with E-state index in [1.165, 1.54) is 0 Å². The van der Waals surface area contributed by atoms with Crippen LogP contribution in [0.3, 0.4) is 0 Å². The van der Waals surface area contributed by atoms with Crippen molar-refractivity contribution in [2.75, 3.05) is 26.7 Å². The SMILES string of the molecule is CN1CCC(N2NC(c3ccccc3)=NCC2=O)CC1. The molecule has 0 spiro atoms. The molecule has 20 heavy (non-hydrogen) atoms. The van der Waals surface area contributed by atoms with Crippen molar-refractivity contribution < 1.29 is 4.79 Å². The molecule has 3 rings (SSSR count). The molecule has 2 heterocycles. The van der Waals surface area contributed by atoms with Crippen LogP contribution < -0.4 is 5.43 Å². The molecule has 106 valence electrons. The number of benzene rings is 1. The van der Waals surface area contributed by atoms with Gasteiger partial charge in [-0.2, -0.15) is 0 Å². The van der Waals surface area contributed by atoms with Crippen molar-refractivity contribution in [3.05, 3.63) is 35.9 Å². The van der Waals surface area contributed by atoms with Crippen LogP contribution in [0.1, 0.15) is 18.4 Å². The summed E-state index contributed by atoms with van der Waals surface area (Å²) in [5, 5.41) is 1.79. The third kappa shape index (κ3) is 2.67. The molecule has 0 aliphatic carbocycles. The van der Waals surface area contributed by atoms with Gasteiger partial charge in [-0.3, -0.25) is 20.2 Å². The molecule has 0 radical (unpaired) electrons. The second kappa shape index (κ2) is 5.63. The number of piperidine rings is 1. The lowest BCUT2D eigenvalue weighted by molar-refractivity contribution is -0.135. The second-order valence-corrected chi connectivity index (χ2v) is 5.44. The first-order chi connectivity index (χ1) is 9.74. The molecule has 1 amide bonds. The van der Waals surface area contributed by atoms with E-state index in [9.17, 15) is 4.79 Å². The van der Waals surface area contributed by atoms with E-state index in [0.717, 1.165) is 37.3 Å². The molecular formula is C15H20N4O. The van der Waals surface area contributed by atoms with Crippen molar-refractivity contribution in [3.8, 4) is 0 Å². The van der Waals surface area contributed by atoms with Crippen LogP contribution >= 0.6 is 0 Å². The molecule has 2 aliphatic rings. The predicted molar refractivity (Wildman–Crippen MR) is 78.3 cm³/mol. The van der Waals surface area contributed by atoms with Gasteiger partial charge in [0.25, 0.3) is 5.91 Å². The number of likely N-dealkylation sites (tertiary alicyclic amines) is 1. The van der Waals surface area contributed by atoms with Crippen molar-refractivity contribution in [2.24, 2.45) is 4.99 Å². The molecule has 1 fully saturated rings. The van der Waals surface area contributed by atoms with E-state index in [1.54, 1.807) is 5.01 Å². The van der Waals surface area contributed by atoms with Crippen LogP contribution in [-0.4, -0.2) is 54.4 Å². The number of nitrogens with zero attached hydrogens (tertiary/aromatic N) is 3.